The van der Waals surface area contributed by atoms with Crippen LogP contribution in [0.5, 0.6) is 0 Å². The summed E-state index contributed by atoms with van der Waals surface area (Å²) in [5, 5.41) is 0. The van der Waals surface area contributed by atoms with E-state index in [0.717, 1.165) is 0 Å². The summed E-state index contributed by atoms with van der Waals surface area (Å²) in [5.41, 5.74) is 0. The van der Waals surface area contributed by atoms with Crippen molar-refractivity contribution in [2.75, 3.05) is 0 Å². The minimum absolute atomic E-state index is 0. The fourth-order valence-corrected chi connectivity index (χ4v) is 1.17. The first-order valence-electron chi connectivity index (χ1n) is 1.50. The van der Waals surface area contributed by atoms with Crippen LogP contribution >= 0.6 is 15.6 Å². The molecule has 0 unspecified atom stereocenters. The summed E-state index contributed by atoms with van der Waals surface area (Å²) < 4.78 is 21.7. The van der Waals surface area contributed by atoms with Crippen molar-refractivity contribution in [3.05, 3.63) is 0 Å². The van der Waals surface area contributed by atoms with Crippen molar-refractivity contribution in [2.45, 2.75) is 0 Å². The topological polar surface area (TPSA) is 200 Å². The molecule has 0 aliphatic heterocycles. The highest BCUT2D eigenvalue weighted by Gasteiger charge is 2.15. The van der Waals surface area contributed by atoms with Crippen molar-refractivity contribution in [3.8, 4) is 0 Å². The second-order valence-electron chi connectivity index (χ2n) is 1.02. The van der Waals surface area contributed by atoms with E-state index in [4.69, 9.17) is 9.79 Å². The minimum Gasteiger partial charge on any atom is -0.789 e. The molecule has 0 saturated carbocycles. The molecule has 0 fully saturated rings. The van der Waals surface area contributed by atoms with E-state index >= 15 is 0 Å². The molecule has 72 valence electrons. The van der Waals surface area contributed by atoms with Crippen LogP contribution in [0.2, 0.25) is 0 Å². The molecule has 8 N–H and O–H groups in total. The Morgan fingerprint density at radius 2 is 1.45 bits per heavy atom. The Balaban J connectivity index is -0.0000000533. The largest absolute Gasteiger partial charge is 1.00 e. The molecule has 0 atom stereocenters. The van der Waals surface area contributed by atoms with Gasteiger partial charge in [0.25, 0.3) is 0 Å². The maximum absolute atomic E-state index is 9.55. The lowest BCUT2D eigenvalue weighted by Crippen LogP contribution is -2.14. The summed E-state index contributed by atoms with van der Waals surface area (Å²) >= 11 is 0. The molecular formula is H10N2O7P2. The lowest BCUT2D eigenvalue weighted by Gasteiger charge is -2.27. The van der Waals surface area contributed by atoms with E-state index < -0.39 is 15.6 Å². The Labute approximate surface area is 65.0 Å². The average molecular weight is 212 g/mol. The second-order valence-corrected chi connectivity index (χ2v) is 3.55. The summed E-state index contributed by atoms with van der Waals surface area (Å²) in [7, 11) is -10.7. The zero-order chi connectivity index (χ0) is 7.71. The van der Waals surface area contributed by atoms with Crippen molar-refractivity contribution in [2.24, 2.45) is 0 Å². The SMILES string of the molecule is N.N.O=P([O-])([O-])OP(=O)(O)O.[H+].[H+]. The van der Waals surface area contributed by atoms with Gasteiger partial charge in [-0.25, -0.2) is 4.57 Å². The van der Waals surface area contributed by atoms with Crippen LogP contribution in [0.25, 0.3) is 0 Å². The molecule has 0 aromatic heterocycles. The third-order valence-corrected chi connectivity index (χ3v) is 1.86. The normalized spacial score (nSPS) is 11.3. The van der Waals surface area contributed by atoms with Crippen LogP contribution in [0.3, 0.4) is 0 Å². The van der Waals surface area contributed by atoms with Gasteiger partial charge in [-0.1, -0.05) is 0 Å². The van der Waals surface area contributed by atoms with Crippen LogP contribution in [-0.4, -0.2) is 9.79 Å². The van der Waals surface area contributed by atoms with Crippen LogP contribution in [0, 0.1) is 0 Å². The lowest BCUT2D eigenvalue weighted by atomic mass is 14.0. The average Bonchev–Trinajstić information content (AvgIpc) is 1.14. The summed E-state index contributed by atoms with van der Waals surface area (Å²) in [6.45, 7) is 0. The van der Waals surface area contributed by atoms with E-state index in [9.17, 15) is 18.9 Å². The molecular weight excluding hydrogens is 202 g/mol. The standard InChI is InChI=1S/2H3N.H4O7P2/c;;1-8(2,3)7-9(4,5)6/h2*1H3;(H2,1,2,3)(H2,4,5,6). The Kier molecular flexibility index (Phi) is 7.77. The highest BCUT2D eigenvalue weighted by molar-refractivity contribution is 7.58. The van der Waals surface area contributed by atoms with E-state index in [1.807, 2.05) is 0 Å². The number of hydrogen-bond acceptors (Lipinski definition) is 7. The van der Waals surface area contributed by atoms with Crippen LogP contribution in [0.1, 0.15) is 2.85 Å². The molecule has 0 rings (SSSR count). The molecule has 0 bridgehead atoms. The number of rotatable bonds is 2. The minimum atomic E-state index is -5.55. The predicted molar refractivity (Wildman–Crippen MR) is 33.0 cm³/mol. The molecule has 0 radical (unpaired) electrons. The third kappa shape index (κ3) is 17.8. The zero-order valence-electron chi connectivity index (χ0n) is 7.24. The molecule has 0 aromatic rings. The van der Waals surface area contributed by atoms with E-state index in [1.165, 1.54) is 0 Å². The van der Waals surface area contributed by atoms with E-state index in [2.05, 4.69) is 4.31 Å². The van der Waals surface area contributed by atoms with Gasteiger partial charge in [0.1, 0.15) is 0 Å². The summed E-state index contributed by atoms with van der Waals surface area (Å²) in [6.07, 6.45) is 0. The molecule has 11 heavy (non-hydrogen) atoms. The van der Waals surface area contributed by atoms with Gasteiger partial charge in [-0.15, -0.1) is 0 Å². The monoisotopic (exact) mass is 212 g/mol. The predicted octanol–water partition coefficient (Wildman–Crippen LogP) is -1.53. The number of phosphoric acid groups is 2. The van der Waals surface area contributed by atoms with Crippen molar-refractivity contribution in [3.63, 3.8) is 0 Å². The maximum Gasteiger partial charge on any atom is 1.00 e. The summed E-state index contributed by atoms with van der Waals surface area (Å²) in [6, 6.07) is 0. The van der Waals surface area contributed by atoms with Crippen molar-refractivity contribution in [1.29, 1.82) is 0 Å². The first-order chi connectivity index (χ1) is 3.71. The quantitative estimate of drug-likeness (QED) is 0.391. The van der Waals surface area contributed by atoms with E-state index in [1.54, 1.807) is 0 Å². The Morgan fingerprint density at radius 3 is 1.45 bits per heavy atom. The molecule has 0 aliphatic rings. The fourth-order valence-electron chi connectivity index (χ4n) is 0.130. The van der Waals surface area contributed by atoms with Crippen LogP contribution < -0.4 is 22.1 Å². The van der Waals surface area contributed by atoms with Gasteiger partial charge < -0.3 is 36.4 Å². The smallest absolute Gasteiger partial charge is 0.789 e. The van der Waals surface area contributed by atoms with Crippen molar-refractivity contribution in [1.82, 2.24) is 12.3 Å². The number of hydrogen-bond donors (Lipinski definition) is 4. The second kappa shape index (κ2) is 4.94. The van der Waals surface area contributed by atoms with Crippen molar-refractivity contribution < 1.29 is 35.9 Å². The zero-order valence-corrected chi connectivity index (χ0v) is 7.03. The van der Waals surface area contributed by atoms with Crippen LogP contribution in [0.4, 0.5) is 0 Å². The molecule has 0 aromatic carbocycles. The summed E-state index contributed by atoms with van der Waals surface area (Å²) in [4.78, 5) is 34.1. The molecule has 9 nitrogen and oxygen atoms in total. The maximum atomic E-state index is 9.55. The van der Waals surface area contributed by atoms with Gasteiger partial charge >= 0.3 is 10.7 Å². The van der Waals surface area contributed by atoms with Gasteiger partial charge in [0, 0.05) is 0 Å². The highest BCUT2D eigenvalue weighted by Crippen LogP contribution is 2.48. The Hall–Kier alpha value is 0.180. The Bertz CT molecular complexity index is 163. The van der Waals surface area contributed by atoms with Crippen molar-refractivity contribution >= 4 is 15.6 Å². The molecule has 0 aliphatic carbocycles. The van der Waals surface area contributed by atoms with Gasteiger partial charge in [-0.2, -0.15) is 0 Å². The van der Waals surface area contributed by atoms with Crippen LogP contribution in [0.15, 0.2) is 0 Å². The van der Waals surface area contributed by atoms with Gasteiger partial charge in [0.2, 0.25) is 0 Å². The fraction of sp³-hybridized carbons (Fsp3) is 0. The highest BCUT2D eigenvalue weighted by atomic mass is 31.3. The molecule has 0 saturated heterocycles. The van der Waals surface area contributed by atoms with Gasteiger partial charge in [0.15, 0.2) is 0 Å². The molecule has 0 amide bonds. The molecule has 11 heteroatoms. The van der Waals surface area contributed by atoms with E-state index in [-0.39, 0.29) is 15.2 Å². The lowest BCUT2D eigenvalue weighted by molar-refractivity contribution is -0.334. The Morgan fingerprint density at radius 1 is 1.18 bits per heavy atom. The third-order valence-electron chi connectivity index (χ3n) is 0.206. The van der Waals surface area contributed by atoms with Gasteiger partial charge in [-0.05, 0) is 0 Å². The van der Waals surface area contributed by atoms with Crippen LogP contribution in [-0.2, 0) is 13.4 Å². The first-order valence-corrected chi connectivity index (χ1v) is 4.49. The van der Waals surface area contributed by atoms with Gasteiger partial charge in [-0.3, -0.25) is 4.31 Å². The summed E-state index contributed by atoms with van der Waals surface area (Å²) in [5.74, 6) is 0. The molecule has 0 spiro atoms. The first kappa shape index (κ1) is 17.3. The van der Waals surface area contributed by atoms with Gasteiger partial charge in [0.05, 0.1) is 7.82 Å². The molecule has 0 heterocycles. The van der Waals surface area contributed by atoms with E-state index in [0.29, 0.717) is 0 Å².